The third-order valence-corrected chi connectivity index (χ3v) is 3.05. The molecule has 4 nitrogen and oxygen atoms in total. The summed E-state index contributed by atoms with van der Waals surface area (Å²) in [6.45, 7) is 0. The highest BCUT2D eigenvalue weighted by Gasteiger charge is 2.10. The molecule has 0 radical (unpaired) electrons. The largest absolute Gasteiger partial charge is 0.452 e. The minimum absolute atomic E-state index is 0.0331. The van der Waals surface area contributed by atoms with Crippen molar-refractivity contribution in [2.75, 3.05) is 5.73 Å². The molecule has 1 aromatic heterocycles. The molecule has 0 aliphatic rings. The number of aromatic nitrogens is 1. The number of rotatable bonds is 2. The molecule has 3 aromatic rings. The van der Waals surface area contributed by atoms with Crippen molar-refractivity contribution < 1.29 is 9.13 Å². The Kier molecular flexibility index (Phi) is 3.13. The van der Waals surface area contributed by atoms with Crippen LogP contribution in [0.25, 0.3) is 10.9 Å². The van der Waals surface area contributed by atoms with Crippen LogP contribution in [-0.4, -0.2) is 4.98 Å². The average molecular weight is 279 g/mol. The van der Waals surface area contributed by atoms with Crippen molar-refractivity contribution in [3.05, 3.63) is 60.0 Å². The molecule has 0 unspecified atom stereocenters. The molecule has 2 N–H and O–H groups in total. The van der Waals surface area contributed by atoms with E-state index in [0.29, 0.717) is 17.0 Å². The SMILES string of the molecule is N#Cc1ccc(Oc2ccc(N)c3cccnc23)c(F)c1. The molecular weight excluding hydrogens is 269 g/mol. The minimum atomic E-state index is -0.602. The number of ether oxygens (including phenoxy) is 1. The molecule has 3 rings (SSSR count). The van der Waals surface area contributed by atoms with Gasteiger partial charge in [0.15, 0.2) is 17.3 Å². The van der Waals surface area contributed by atoms with Gasteiger partial charge in [-0.1, -0.05) is 0 Å². The van der Waals surface area contributed by atoms with E-state index < -0.39 is 5.82 Å². The van der Waals surface area contributed by atoms with E-state index in [2.05, 4.69) is 4.98 Å². The Hall–Kier alpha value is -3.13. The molecule has 0 atom stereocenters. The summed E-state index contributed by atoms with van der Waals surface area (Å²) in [5.41, 5.74) is 7.25. The summed E-state index contributed by atoms with van der Waals surface area (Å²) in [5, 5.41) is 9.47. The summed E-state index contributed by atoms with van der Waals surface area (Å²) in [7, 11) is 0. The Morgan fingerprint density at radius 1 is 1.14 bits per heavy atom. The smallest absolute Gasteiger partial charge is 0.167 e. The van der Waals surface area contributed by atoms with Crippen LogP contribution in [0.15, 0.2) is 48.7 Å². The van der Waals surface area contributed by atoms with Crippen LogP contribution in [0.3, 0.4) is 0 Å². The summed E-state index contributed by atoms with van der Waals surface area (Å²) < 4.78 is 19.5. The first-order valence-electron chi connectivity index (χ1n) is 6.20. The van der Waals surface area contributed by atoms with Gasteiger partial charge in [0.1, 0.15) is 5.52 Å². The zero-order valence-electron chi connectivity index (χ0n) is 10.9. The van der Waals surface area contributed by atoms with E-state index in [9.17, 15) is 4.39 Å². The molecule has 0 amide bonds. The molecule has 2 aromatic carbocycles. The van der Waals surface area contributed by atoms with Gasteiger partial charge in [-0.25, -0.2) is 4.39 Å². The summed E-state index contributed by atoms with van der Waals surface area (Å²) in [4.78, 5) is 4.22. The molecule has 0 saturated carbocycles. The molecule has 0 fully saturated rings. The van der Waals surface area contributed by atoms with E-state index in [-0.39, 0.29) is 11.3 Å². The number of nitrogen functional groups attached to an aromatic ring is 1. The van der Waals surface area contributed by atoms with Gasteiger partial charge >= 0.3 is 0 Å². The van der Waals surface area contributed by atoms with Crippen molar-refractivity contribution in [3.63, 3.8) is 0 Å². The zero-order valence-corrected chi connectivity index (χ0v) is 10.9. The predicted molar refractivity (Wildman–Crippen MR) is 77.3 cm³/mol. The standard InChI is InChI=1S/C16H10FN3O/c17-12-8-10(9-18)3-5-14(12)21-15-6-4-13(19)11-2-1-7-20-16(11)15/h1-8H,19H2. The van der Waals surface area contributed by atoms with Crippen LogP contribution in [-0.2, 0) is 0 Å². The molecule has 21 heavy (non-hydrogen) atoms. The third-order valence-electron chi connectivity index (χ3n) is 3.05. The maximum absolute atomic E-state index is 13.9. The predicted octanol–water partition coefficient (Wildman–Crippen LogP) is 3.62. The van der Waals surface area contributed by atoms with Crippen molar-refractivity contribution in [3.8, 4) is 17.6 Å². The highest BCUT2D eigenvalue weighted by Crippen LogP contribution is 2.32. The second-order valence-electron chi connectivity index (χ2n) is 4.41. The lowest BCUT2D eigenvalue weighted by Crippen LogP contribution is -1.94. The average Bonchev–Trinajstić information content (AvgIpc) is 2.52. The fraction of sp³-hybridized carbons (Fsp3) is 0. The monoisotopic (exact) mass is 279 g/mol. The fourth-order valence-electron chi connectivity index (χ4n) is 2.02. The fourth-order valence-corrected chi connectivity index (χ4v) is 2.02. The lowest BCUT2D eigenvalue weighted by molar-refractivity contribution is 0.445. The van der Waals surface area contributed by atoms with Gasteiger partial charge in [0, 0.05) is 17.3 Å². The number of nitriles is 1. The van der Waals surface area contributed by atoms with E-state index in [4.69, 9.17) is 15.7 Å². The van der Waals surface area contributed by atoms with Crippen LogP contribution < -0.4 is 10.5 Å². The topological polar surface area (TPSA) is 71.9 Å². The van der Waals surface area contributed by atoms with Gasteiger partial charge in [0.2, 0.25) is 0 Å². The van der Waals surface area contributed by atoms with E-state index in [1.54, 1.807) is 24.4 Å². The summed E-state index contributed by atoms with van der Waals surface area (Å²) in [5.74, 6) is -0.163. The molecule has 5 heteroatoms. The quantitative estimate of drug-likeness (QED) is 0.727. The number of anilines is 1. The number of halogens is 1. The normalized spacial score (nSPS) is 10.3. The van der Waals surface area contributed by atoms with E-state index in [1.807, 2.05) is 12.1 Å². The first-order chi connectivity index (χ1) is 10.2. The van der Waals surface area contributed by atoms with E-state index in [1.165, 1.54) is 12.1 Å². The number of nitrogens with two attached hydrogens (primary N) is 1. The first kappa shape index (κ1) is 12.9. The molecule has 0 aliphatic heterocycles. The van der Waals surface area contributed by atoms with Gasteiger partial charge in [-0.05, 0) is 42.5 Å². The summed E-state index contributed by atoms with van der Waals surface area (Å²) in [6.07, 6.45) is 1.61. The van der Waals surface area contributed by atoms with Crippen LogP contribution in [0.5, 0.6) is 11.5 Å². The zero-order chi connectivity index (χ0) is 14.8. The first-order valence-corrected chi connectivity index (χ1v) is 6.20. The molecule has 0 bridgehead atoms. The van der Waals surface area contributed by atoms with Crippen molar-refractivity contribution in [2.45, 2.75) is 0 Å². The molecular formula is C16H10FN3O. The van der Waals surface area contributed by atoms with Crippen LogP contribution in [0, 0.1) is 17.1 Å². The van der Waals surface area contributed by atoms with Crippen molar-refractivity contribution >= 4 is 16.6 Å². The molecule has 102 valence electrons. The number of pyridine rings is 1. The number of hydrogen-bond donors (Lipinski definition) is 1. The van der Waals surface area contributed by atoms with Gasteiger partial charge in [0.25, 0.3) is 0 Å². The second-order valence-corrected chi connectivity index (χ2v) is 4.41. The van der Waals surface area contributed by atoms with E-state index >= 15 is 0 Å². The highest BCUT2D eigenvalue weighted by atomic mass is 19.1. The van der Waals surface area contributed by atoms with Crippen molar-refractivity contribution in [1.82, 2.24) is 4.98 Å². The molecule has 0 saturated heterocycles. The molecule has 1 heterocycles. The Balaban J connectivity index is 2.07. The maximum atomic E-state index is 13.9. The highest BCUT2D eigenvalue weighted by molar-refractivity contribution is 5.94. The Bertz CT molecular complexity index is 871. The van der Waals surface area contributed by atoms with E-state index in [0.717, 1.165) is 11.5 Å². The van der Waals surface area contributed by atoms with Gasteiger partial charge in [-0.15, -0.1) is 0 Å². The number of fused-ring (bicyclic) bond motifs is 1. The van der Waals surface area contributed by atoms with Crippen LogP contribution in [0.1, 0.15) is 5.56 Å². The Morgan fingerprint density at radius 3 is 2.71 bits per heavy atom. The summed E-state index contributed by atoms with van der Waals surface area (Å²) in [6, 6.07) is 12.8. The third kappa shape index (κ3) is 2.35. The Labute approximate surface area is 120 Å². The molecule has 0 aliphatic carbocycles. The number of hydrogen-bond acceptors (Lipinski definition) is 4. The van der Waals surface area contributed by atoms with Crippen LogP contribution in [0.4, 0.5) is 10.1 Å². The second kappa shape index (κ2) is 5.10. The van der Waals surface area contributed by atoms with Crippen LogP contribution in [0.2, 0.25) is 0 Å². The van der Waals surface area contributed by atoms with Gasteiger partial charge in [0.05, 0.1) is 11.6 Å². The van der Waals surface area contributed by atoms with Gasteiger partial charge < -0.3 is 10.5 Å². The van der Waals surface area contributed by atoms with Gasteiger partial charge in [-0.2, -0.15) is 5.26 Å². The van der Waals surface area contributed by atoms with Crippen molar-refractivity contribution in [1.29, 1.82) is 5.26 Å². The Morgan fingerprint density at radius 2 is 1.95 bits per heavy atom. The lowest BCUT2D eigenvalue weighted by Gasteiger charge is -2.10. The number of nitrogens with zero attached hydrogens (tertiary/aromatic N) is 2. The van der Waals surface area contributed by atoms with Crippen molar-refractivity contribution in [2.24, 2.45) is 0 Å². The van der Waals surface area contributed by atoms with Gasteiger partial charge in [-0.3, -0.25) is 4.98 Å². The van der Waals surface area contributed by atoms with Crippen LogP contribution >= 0.6 is 0 Å². The molecule has 0 spiro atoms. The number of benzene rings is 2. The lowest BCUT2D eigenvalue weighted by atomic mass is 10.1. The maximum Gasteiger partial charge on any atom is 0.167 e. The summed E-state index contributed by atoms with van der Waals surface area (Å²) >= 11 is 0. The minimum Gasteiger partial charge on any atom is -0.452 e.